The Morgan fingerprint density at radius 1 is 1.28 bits per heavy atom. The van der Waals surface area contributed by atoms with Crippen molar-refractivity contribution in [3.63, 3.8) is 0 Å². The van der Waals surface area contributed by atoms with Crippen LogP contribution in [0.3, 0.4) is 0 Å². The van der Waals surface area contributed by atoms with E-state index in [1.54, 1.807) is 35.6 Å². The molecule has 0 heterocycles. The summed E-state index contributed by atoms with van der Waals surface area (Å²) in [5.74, 6) is 0. The van der Waals surface area contributed by atoms with Crippen LogP contribution in [0, 0.1) is 0 Å². The minimum atomic E-state index is -4.43. The van der Waals surface area contributed by atoms with Crippen molar-refractivity contribution < 1.29 is 18.0 Å². The number of rotatable bonds is 4. The van der Waals surface area contributed by atoms with E-state index >= 15 is 0 Å². The van der Waals surface area contributed by atoms with E-state index in [9.17, 15) is 18.0 Å². The smallest absolute Gasteiger partial charge is 0.330 e. The minimum absolute atomic E-state index is 0.101. The molecule has 0 aliphatic heterocycles. The Hall–Kier alpha value is -1.76. The zero-order valence-corrected chi connectivity index (χ0v) is 9.50. The van der Waals surface area contributed by atoms with Gasteiger partial charge in [0, 0.05) is 6.54 Å². The summed E-state index contributed by atoms with van der Waals surface area (Å²) in [5, 5.41) is 4.11. The zero-order chi connectivity index (χ0) is 13.6. The molecule has 0 aliphatic carbocycles. The molecule has 7 heteroatoms. The van der Waals surface area contributed by atoms with Crippen LogP contribution >= 0.6 is 0 Å². The van der Waals surface area contributed by atoms with Gasteiger partial charge in [-0.3, -0.25) is 0 Å². The second kappa shape index (κ2) is 6.25. The maximum atomic E-state index is 11.9. The maximum Gasteiger partial charge on any atom is 0.405 e. The van der Waals surface area contributed by atoms with Crippen LogP contribution in [0.15, 0.2) is 30.3 Å². The van der Waals surface area contributed by atoms with Crippen LogP contribution in [-0.2, 0) is 0 Å². The fraction of sp³-hybridized carbons (Fsp3) is 0.364. The van der Waals surface area contributed by atoms with Crippen molar-refractivity contribution in [2.45, 2.75) is 12.2 Å². The lowest BCUT2D eigenvalue weighted by atomic mass is 10.1. The molecule has 18 heavy (non-hydrogen) atoms. The first-order valence-electron chi connectivity index (χ1n) is 5.28. The van der Waals surface area contributed by atoms with Gasteiger partial charge in [0.2, 0.25) is 0 Å². The third kappa shape index (κ3) is 5.05. The number of nitrogens with two attached hydrogens (primary N) is 1. The topological polar surface area (TPSA) is 67.1 Å². The summed E-state index contributed by atoms with van der Waals surface area (Å²) in [6, 6.07) is 7.37. The van der Waals surface area contributed by atoms with Crippen molar-refractivity contribution in [2.75, 3.05) is 13.1 Å². The SMILES string of the molecule is NCC(NC(=O)NCC(F)(F)F)c1ccccc1. The van der Waals surface area contributed by atoms with Gasteiger partial charge in [-0.25, -0.2) is 4.79 Å². The van der Waals surface area contributed by atoms with E-state index in [0.29, 0.717) is 0 Å². The van der Waals surface area contributed by atoms with Gasteiger partial charge in [-0.05, 0) is 5.56 Å². The first-order chi connectivity index (χ1) is 8.42. The molecule has 1 atom stereocenters. The number of alkyl halides is 3. The minimum Gasteiger partial charge on any atom is -0.330 e. The summed E-state index contributed by atoms with van der Waals surface area (Å²) in [6.45, 7) is -1.27. The average molecular weight is 261 g/mol. The molecule has 1 aromatic rings. The van der Waals surface area contributed by atoms with Crippen LogP contribution in [0.4, 0.5) is 18.0 Å². The molecular weight excluding hydrogens is 247 g/mol. The molecule has 1 aromatic carbocycles. The van der Waals surface area contributed by atoms with Crippen molar-refractivity contribution >= 4 is 6.03 Å². The lowest BCUT2D eigenvalue weighted by Crippen LogP contribution is -2.43. The normalized spacial score (nSPS) is 12.9. The fourth-order valence-corrected chi connectivity index (χ4v) is 1.35. The van der Waals surface area contributed by atoms with E-state index in [1.165, 1.54) is 0 Å². The van der Waals surface area contributed by atoms with Crippen LogP contribution in [0.25, 0.3) is 0 Å². The highest BCUT2D eigenvalue weighted by Gasteiger charge is 2.28. The lowest BCUT2D eigenvalue weighted by molar-refractivity contribution is -0.122. The Labute approximate surface area is 102 Å². The highest BCUT2D eigenvalue weighted by atomic mass is 19.4. The van der Waals surface area contributed by atoms with Crippen molar-refractivity contribution in [1.29, 1.82) is 0 Å². The standard InChI is InChI=1S/C11H14F3N3O/c12-11(13,14)7-16-10(18)17-9(6-15)8-4-2-1-3-5-8/h1-5,9H,6-7,15H2,(H2,16,17,18). The number of carbonyl (C=O) groups is 1. The number of hydrogen-bond acceptors (Lipinski definition) is 2. The highest BCUT2D eigenvalue weighted by Crippen LogP contribution is 2.13. The van der Waals surface area contributed by atoms with Crippen molar-refractivity contribution in [2.24, 2.45) is 5.73 Å². The molecule has 4 N–H and O–H groups in total. The summed E-state index contributed by atoms with van der Waals surface area (Å²) in [7, 11) is 0. The lowest BCUT2D eigenvalue weighted by Gasteiger charge is -2.18. The molecule has 0 spiro atoms. The Morgan fingerprint density at radius 2 is 1.89 bits per heavy atom. The maximum absolute atomic E-state index is 11.9. The van der Waals surface area contributed by atoms with Gasteiger partial charge in [0.15, 0.2) is 0 Å². The third-order valence-electron chi connectivity index (χ3n) is 2.19. The number of amides is 2. The third-order valence-corrected chi connectivity index (χ3v) is 2.19. The number of nitrogens with one attached hydrogen (secondary N) is 2. The van der Waals surface area contributed by atoms with Crippen LogP contribution in [0.1, 0.15) is 11.6 Å². The number of halogens is 3. The molecule has 0 aliphatic rings. The van der Waals surface area contributed by atoms with Crippen LogP contribution in [-0.4, -0.2) is 25.3 Å². The van der Waals surface area contributed by atoms with Crippen LogP contribution in [0.2, 0.25) is 0 Å². The molecule has 1 unspecified atom stereocenters. The molecule has 0 saturated carbocycles. The Balaban J connectivity index is 2.51. The van der Waals surface area contributed by atoms with Gasteiger partial charge < -0.3 is 16.4 Å². The first kappa shape index (κ1) is 14.3. The second-order valence-corrected chi connectivity index (χ2v) is 3.64. The van der Waals surface area contributed by atoms with E-state index in [2.05, 4.69) is 5.32 Å². The number of benzene rings is 1. The molecule has 4 nitrogen and oxygen atoms in total. The predicted octanol–water partition coefficient (Wildman–Crippen LogP) is 1.55. The molecule has 2 amide bonds. The summed E-state index contributed by atoms with van der Waals surface area (Å²) >= 11 is 0. The van der Waals surface area contributed by atoms with Gasteiger partial charge in [-0.2, -0.15) is 13.2 Å². The summed E-state index contributed by atoms with van der Waals surface area (Å²) in [4.78, 5) is 11.3. The van der Waals surface area contributed by atoms with Gasteiger partial charge >= 0.3 is 12.2 Å². The molecule has 0 radical (unpaired) electrons. The molecule has 0 saturated heterocycles. The molecule has 1 rings (SSSR count). The van der Waals surface area contributed by atoms with Gasteiger partial charge in [0.1, 0.15) is 6.54 Å². The van der Waals surface area contributed by atoms with E-state index in [1.807, 2.05) is 0 Å². The quantitative estimate of drug-likeness (QED) is 0.769. The Bertz CT molecular complexity index is 381. The molecule has 0 bridgehead atoms. The van der Waals surface area contributed by atoms with E-state index < -0.39 is 24.8 Å². The first-order valence-corrected chi connectivity index (χ1v) is 5.28. The molecular formula is C11H14F3N3O. The number of urea groups is 1. The summed E-state index contributed by atoms with van der Waals surface area (Å²) in [5.41, 5.74) is 6.21. The Kier molecular flexibility index (Phi) is 4.96. The van der Waals surface area contributed by atoms with Gasteiger partial charge in [-0.15, -0.1) is 0 Å². The van der Waals surface area contributed by atoms with E-state index in [4.69, 9.17) is 5.73 Å². The monoisotopic (exact) mass is 261 g/mol. The molecule has 100 valence electrons. The zero-order valence-electron chi connectivity index (χ0n) is 9.50. The van der Waals surface area contributed by atoms with Crippen LogP contribution < -0.4 is 16.4 Å². The summed E-state index contributed by atoms with van der Waals surface area (Å²) in [6.07, 6.45) is -4.43. The average Bonchev–Trinajstić information content (AvgIpc) is 2.33. The van der Waals surface area contributed by atoms with Gasteiger partial charge in [-0.1, -0.05) is 30.3 Å². The molecule has 0 aromatic heterocycles. The van der Waals surface area contributed by atoms with Gasteiger partial charge in [0.05, 0.1) is 6.04 Å². The number of hydrogen-bond donors (Lipinski definition) is 3. The number of carbonyl (C=O) groups excluding carboxylic acids is 1. The van der Waals surface area contributed by atoms with Crippen molar-refractivity contribution in [1.82, 2.24) is 10.6 Å². The van der Waals surface area contributed by atoms with E-state index in [-0.39, 0.29) is 6.54 Å². The predicted molar refractivity (Wildman–Crippen MR) is 60.8 cm³/mol. The van der Waals surface area contributed by atoms with Crippen LogP contribution in [0.5, 0.6) is 0 Å². The van der Waals surface area contributed by atoms with E-state index in [0.717, 1.165) is 5.56 Å². The van der Waals surface area contributed by atoms with Gasteiger partial charge in [0.25, 0.3) is 0 Å². The Morgan fingerprint density at radius 3 is 2.39 bits per heavy atom. The second-order valence-electron chi connectivity index (χ2n) is 3.64. The van der Waals surface area contributed by atoms with Crippen molar-refractivity contribution in [3.05, 3.63) is 35.9 Å². The summed E-state index contributed by atoms with van der Waals surface area (Å²) < 4.78 is 35.7. The van der Waals surface area contributed by atoms with Crippen molar-refractivity contribution in [3.8, 4) is 0 Å². The fourth-order valence-electron chi connectivity index (χ4n) is 1.35. The molecule has 0 fully saturated rings. The highest BCUT2D eigenvalue weighted by molar-refractivity contribution is 5.74. The largest absolute Gasteiger partial charge is 0.405 e.